The zero-order valence-corrected chi connectivity index (χ0v) is 11.1. The van der Waals surface area contributed by atoms with E-state index in [4.69, 9.17) is 4.74 Å². The summed E-state index contributed by atoms with van der Waals surface area (Å²) in [6.07, 6.45) is 5.35. The van der Waals surface area contributed by atoms with Gasteiger partial charge in [0.25, 0.3) is 0 Å². The molecule has 4 heteroatoms. The Bertz CT molecular complexity index is 308. The van der Waals surface area contributed by atoms with Gasteiger partial charge >= 0.3 is 0 Å². The summed E-state index contributed by atoms with van der Waals surface area (Å²) in [6.45, 7) is 4.75. The molecule has 0 saturated heterocycles. The van der Waals surface area contributed by atoms with Crippen molar-refractivity contribution >= 4 is 0 Å². The summed E-state index contributed by atoms with van der Waals surface area (Å²) < 4.78 is 6.93. The van der Waals surface area contributed by atoms with Crippen molar-refractivity contribution in [1.82, 2.24) is 9.78 Å². The average Bonchev–Trinajstić information content (AvgIpc) is 2.77. The third kappa shape index (κ3) is 4.48. The SMILES string of the molecule is CCC(CC)n1ccc(CCC(O)COC)n1. The highest BCUT2D eigenvalue weighted by molar-refractivity contribution is 5.00. The lowest BCUT2D eigenvalue weighted by Crippen LogP contribution is -2.15. The predicted molar refractivity (Wildman–Crippen MR) is 68.0 cm³/mol. The van der Waals surface area contributed by atoms with E-state index in [0.29, 0.717) is 19.1 Å². The standard InChI is InChI=1S/C13H24N2O2/c1-4-12(5-2)15-9-8-11(14-15)6-7-13(16)10-17-3/h8-9,12-13,16H,4-7,10H2,1-3H3. The summed E-state index contributed by atoms with van der Waals surface area (Å²) in [5, 5.41) is 14.1. The average molecular weight is 240 g/mol. The lowest BCUT2D eigenvalue weighted by Gasteiger charge is -2.12. The monoisotopic (exact) mass is 240 g/mol. The molecule has 0 spiro atoms. The Balaban J connectivity index is 2.45. The van der Waals surface area contributed by atoms with E-state index in [0.717, 1.165) is 25.0 Å². The first-order chi connectivity index (χ1) is 8.21. The van der Waals surface area contributed by atoms with Crippen LogP contribution in [0.4, 0.5) is 0 Å². The topological polar surface area (TPSA) is 47.3 Å². The van der Waals surface area contributed by atoms with Crippen LogP contribution in [-0.2, 0) is 11.2 Å². The predicted octanol–water partition coefficient (Wildman–Crippen LogP) is 2.18. The van der Waals surface area contributed by atoms with Gasteiger partial charge in [0.1, 0.15) is 0 Å². The molecule has 98 valence electrons. The van der Waals surface area contributed by atoms with E-state index in [-0.39, 0.29) is 0 Å². The minimum Gasteiger partial charge on any atom is -0.391 e. The molecule has 0 bridgehead atoms. The maximum absolute atomic E-state index is 9.56. The van der Waals surface area contributed by atoms with Gasteiger partial charge in [-0.1, -0.05) is 13.8 Å². The second-order valence-electron chi connectivity index (χ2n) is 4.41. The Morgan fingerprint density at radius 1 is 1.41 bits per heavy atom. The third-order valence-corrected chi connectivity index (χ3v) is 3.07. The van der Waals surface area contributed by atoms with Gasteiger partial charge < -0.3 is 9.84 Å². The van der Waals surface area contributed by atoms with E-state index in [1.807, 2.05) is 16.9 Å². The fourth-order valence-corrected chi connectivity index (χ4v) is 1.97. The molecule has 1 heterocycles. The van der Waals surface area contributed by atoms with Crippen LogP contribution in [0.3, 0.4) is 0 Å². The van der Waals surface area contributed by atoms with Gasteiger partial charge in [-0.25, -0.2) is 0 Å². The van der Waals surface area contributed by atoms with Crippen molar-refractivity contribution < 1.29 is 9.84 Å². The number of rotatable bonds is 8. The van der Waals surface area contributed by atoms with Gasteiger partial charge in [-0.15, -0.1) is 0 Å². The summed E-state index contributed by atoms with van der Waals surface area (Å²) in [7, 11) is 1.60. The molecule has 0 aliphatic heterocycles. The number of aliphatic hydroxyl groups is 1. The molecule has 0 fully saturated rings. The largest absolute Gasteiger partial charge is 0.391 e. The zero-order chi connectivity index (χ0) is 12.7. The smallest absolute Gasteiger partial charge is 0.0777 e. The second-order valence-corrected chi connectivity index (χ2v) is 4.41. The van der Waals surface area contributed by atoms with Crippen molar-refractivity contribution in [2.45, 2.75) is 51.7 Å². The fourth-order valence-electron chi connectivity index (χ4n) is 1.97. The second kappa shape index (κ2) is 7.45. The van der Waals surface area contributed by atoms with Gasteiger partial charge in [0, 0.05) is 13.3 Å². The van der Waals surface area contributed by atoms with Crippen molar-refractivity contribution in [3.8, 4) is 0 Å². The van der Waals surface area contributed by atoms with Gasteiger partial charge in [-0.05, 0) is 31.7 Å². The van der Waals surface area contributed by atoms with Gasteiger partial charge in [0.2, 0.25) is 0 Å². The minimum atomic E-state index is -0.390. The normalized spacial score (nSPS) is 13.2. The molecule has 1 rings (SSSR count). The van der Waals surface area contributed by atoms with Crippen molar-refractivity contribution in [2.75, 3.05) is 13.7 Å². The molecule has 17 heavy (non-hydrogen) atoms. The molecule has 0 aliphatic carbocycles. The minimum absolute atomic E-state index is 0.390. The Hall–Kier alpha value is -0.870. The van der Waals surface area contributed by atoms with E-state index in [1.165, 1.54) is 0 Å². The van der Waals surface area contributed by atoms with Crippen molar-refractivity contribution in [1.29, 1.82) is 0 Å². The number of aryl methyl sites for hydroxylation is 1. The summed E-state index contributed by atoms with van der Waals surface area (Å²) in [5.74, 6) is 0. The summed E-state index contributed by atoms with van der Waals surface area (Å²) in [6, 6.07) is 2.53. The molecule has 0 aromatic carbocycles. The Labute approximate surface area is 104 Å². The first-order valence-corrected chi connectivity index (χ1v) is 6.42. The number of nitrogens with zero attached hydrogens (tertiary/aromatic N) is 2. The van der Waals surface area contributed by atoms with Crippen LogP contribution in [-0.4, -0.2) is 34.7 Å². The summed E-state index contributed by atoms with van der Waals surface area (Å²) in [5.41, 5.74) is 1.05. The van der Waals surface area contributed by atoms with Gasteiger partial charge in [-0.2, -0.15) is 5.10 Å². The van der Waals surface area contributed by atoms with Crippen LogP contribution < -0.4 is 0 Å². The van der Waals surface area contributed by atoms with Crippen LogP contribution in [0.1, 0.15) is 44.8 Å². The van der Waals surface area contributed by atoms with E-state index in [9.17, 15) is 5.11 Å². The first kappa shape index (κ1) is 14.2. The van der Waals surface area contributed by atoms with E-state index in [1.54, 1.807) is 7.11 Å². The van der Waals surface area contributed by atoms with Crippen LogP contribution in [0, 0.1) is 0 Å². The van der Waals surface area contributed by atoms with Crippen molar-refractivity contribution in [3.63, 3.8) is 0 Å². The molecule has 4 nitrogen and oxygen atoms in total. The highest BCUT2D eigenvalue weighted by Crippen LogP contribution is 2.15. The maximum atomic E-state index is 9.56. The van der Waals surface area contributed by atoms with Crippen molar-refractivity contribution in [2.24, 2.45) is 0 Å². The fraction of sp³-hybridized carbons (Fsp3) is 0.769. The van der Waals surface area contributed by atoms with E-state index < -0.39 is 6.10 Å². The van der Waals surface area contributed by atoms with Crippen LogP contribution in [0.25, 0.3) is 0 Å². The van der Waals surface area contributed by atoms with E-state index in [2.05, 4.69) is 18.9 Å². The molecule has 1 N–H and O–H groups in total. The molecule has 1 unspecified atom stereocenters. The molecule has 1 atom stereocenters. The van der Waals surface area contributed by atoms with Crippen molar-refractivity contribution in [3.05, 3.63) is 18.0 Å². The number of methoxy groups -OCH3 is 1. The number of ether oxygens (including phenoxy) is 1. The lowest BCUT2D eigenvalue weighted by molar-refractivity contribution is 0.0593. The quantitative estimate of drug-likeness (QED) is 0.757. The summed E-state index contributed by atoms with van der Waals surface area (Å²) >= 11 is 0. The molecule has 1 aromatic rings. The number of aromatic nitrogens is 2. The van der Waals surface area contributed by atoms with Crippen LogP contribution in [0.2, 0.25) is 0 Å². The van der Waals surface area contributed by atoms with Gasteiger partial charge in [-0.3, -0.25) is 4.68 Å². The molecule has 0 amide bonds. The Morgan fingerprint density at radius 2 is 2.12 bits per heavy atom. The molecule has 0 aliphatic rings. The lowest BCUT2D eigenvalue weighted by atomic mass is 10.2. The number of hydrogen-bond acceptors (Lipinski definition) is 3. The molecule has 1 aromatic heterocycles. The third-order valence-electron chi connectivity index (χ3n) is 3.07. The summed E-state index contributed by atoms with van der Waals surface area (Å²) in [4.78, 5) is 0. The zero-order valence-electron chi connectivity index (χ0n) is 11.1. The molecule has 0 radical (unpaired) electrons. The van der Waals surface area contributed by atoms with Crippen LogP contribution in [0.15, 0.2) is 12.3 Å². The van der Waals surface area contributed by atoms with Crippen LogP contribution >= 0.6 is 0 Å². The molecular formula is C13H24N2O2. The van der Waals surface area contributed by atoms with Gasteiger partial charge in [0.05, 0.1) is 24.4 Å². The maximum Gasteiger partial charge on any atom is 0.0777 e. The molecular weight excluding hydrogens is 216 g/mol. The highest BCUT2D eigenvalue weighted by atomic mass is 16.5. The Morgan fingerprint density at radius 3 is 2.71 bits per heavy atom. The number of aliphatic hydroxyl groups excluding tert-OH is 1. The highest BCUT2D eigenvalue weighted by Gasteiger charge is 2.09. The molecule has 0 saturated carbocycles. The number of hydrogen-bond donors (Lipinski definition) is 1. The van der Waals surface area contributed by atoms with E-state index >= 15 is 0 Å². The van der Waals surface area contributed by atoms with Gasteiger partial charge in [0.15, 0.2) is 0 Å². The first-order valence-electron chi connectivity index (χ1n) is 6.42. The van der Waals surface area contributed by atoms with Crippen LogP contribution in [0.5, 0.6) is 0 Å². The Kier molecular flexibility index (Phi) is 6.22.